The van der Waals surface area contributed by atoms with Gasteiger partial charge in [-0.05, 0) is 41.5 Å². The maximum absolute atomic E-state index is 12.9. The number of rotatable bonds is 6. The molecule has 26 heavy (non-hydrogen) atoms. The fourth-order valence-corrected chi connectivity index (χ4v) is 2.86. The molecular weight excluding hydrogens is 328 g/mol. The first-order chi connectivity index (χ1) is 12.6. The molecule has 0 radical (unpaired) electrons. The third-order valence-corrected chi connectivity index (χ3v) is 4.01. The first-order valence-electron chi connectivity index (χ1n) is 8.41. The van der Waals surface area contributed by atoms with Gasteiger partial charge in [-0.25, -0.2) is 0 Å². The molecule has 0 spiro atoms. The number of hydrogen-bond donors (Lipinski definition) is 2. The Morgan fingerprint density at radius 1 is 1.00 bits per heavy atom. The lowest BCUT2D eigenvalue weighted by molar-refractivity contribution is -0.117. The number of primary amides is 1. The Bertz CT molecular complexity index is 949. The van der Waals surface area contributed by atoms with E-state index in [0.29, 0.717) is 23.6 Å². The summed E-state index contributed by atoms with van der Waals surface area (Å²) < 4.78 is 5.65. The van der Waals surface area contributed by atoms with E-state index < -0.39 is 0 Å². The highest BCUT2D eigenvalue weighted by Gasteiger charge is 2.17. The zero-order valence-corrected chi connectivity index (χ0v) is 14.5. The van der Waals surface area contributed by atoms with Crippen LogP contribution in [0.5, 0.6) is 5.75 Å². The van der Waals surface area contributed by atoms with Gasteiger partial charge in [0.15, 0.2) is 0 Å². The lowest BCUT2D eigenvalue weighted by atomic mass is 10.0. The molecule has 0 aliphatic heterocycles. The molecule has 0 fully saturated rings. The van der Waals surface area contributed by atoms with Crippen LogP contribution in [0.4, 0.5) is 5.69 Å². The summed E-state index contributed by atoms with van der Waals surface area (Å²) in [7, 11) is 0. The van der Waals surface area contributed by atoms with E-state index in [9.17, 15) is 9.59 Å². The Morgan fingerprint density at radius 2 is 1.73 bits per heavy atom. The third kappa shape index (κ3) is 3.83. The molecule has 0 saturated carbocycles. The van der Waals surface area contributed by atoms with Crippen molar-refractivity contribution in [1.29, 1.82) is 0 Å². The van der Waals surface area contributed by atoms with Crippen molar-refractivity contribution in [3.05, 3.63) is 71.8 Å². The van der Waals surface area contributed by atoms with Crippen molar-refractivity contribution in [3.63, 3.8) is 0 Å². The average Bonchev–Trinajstić information content (AvgIpc) is 2.63. The van der Waals surface area contributed by atoms with E-state index in [0.717, 1.165) is 16.3 Å². The topological polar surface area (TPSA) is 81.4 Å². The van der Waals surface area contributed by atoms with Gasteiger partial charge >= 0.3 is 0 Å². The maximum Gasteiger partial charge on any atom is 0.260 e. The van der Waals surface area contributed by atoms with E-state index in [4.69, 9.17) is 10.5 Å². The predicted octanol–water partition coefficient (Wildman–Crippen LogP) is 3.52. The van der Waals surface area contributed by atoms with Gasteiger partial charge in [0, 0.05) is 5.69 Å². The second-order valence-corrected chi connectivity index (χ2v) is 5.89. The van der Waals surface area contributed by atoms with Gasteiger partial charge in [0.05, 0.1) is 18.6 Å². The molecular formula is C21H20N2O3. The van der Waals surface area contributed by atoms with Crippen LogP contribution in [0, 0.1) is 0 Å². The summed E-state index contributed by atoms with van der Waals surface area (Å²) in [6.45, 7) is 2.36. The Morgan fingerprint density at radius 3 is 2.42 bits per heavy atom. The van der Waals surface area contributed by atoms with Crippen molar-refractivity contribution in [3.8, 4) is 5.75 Å². The number of carbonyl (C=O) groups excluding carboxylic acids is 2. The van der Waals surface area contributed by atoms with E-state index in [1.165, 1.54) is 0 Å². The standard InChI is InChI=1S/C21H20N2O3/c1-2-26-18-12-9-15-5-3-4-6-17(15)20(18)21(25)23-16-10-7-14(8-11-16)13-19(22)24/h3-12H,2,13H2,1H3,(H2,22,24)(H,23,25). The number of nitrogens with one attached hydrogen (secondary N) is 1. The molecule has 3 rings (SSSR count). The molecule has 0 aliphatic rings. The molecule has 0 saturated heterocycles. The van der Waals surface area contributed by atoms with Crippen molar-refractivity contribution in [2.45, 2.75) is 13.3 Å². The molecule has 3 aromatic rings. The molecule has 3 N–H and O–H groups in total. The molecule has 0 aromatic heterocycles. The highest BCUT2D eigenvalue weighted by molar-refractivity contribution is 6.15. The highest BCUT2D eigenvalue weighted by Crippen LogP contribution is 2.29. The van der Waals surface area contributed by atoms with Gasteiger partial charge in [-0.2, -0.15) is 0 Å². The molecule has 3 aromatic carbocycles. The summed E-state index contributed by atoms with van der Waals surface area (Å²) >= 11 is 0. The van der Waals surface area contributed by atoms with Gasteiger partial charge in [-0.3, -0.25) is 9.59 Å². The van der Waals surface area contributed by atoms with Crippen LogP contribution in [0.1, 0.15) is 22.8 Å². The number of carbonyl (C=O) groups is 2. The minimum absolute atomic E-state index is 0.173. The number of hydrogen-bond acceptors (Lipinski definition) is 3. The second-order valence-electron chi connectivity index (χ2n) is 5.89. The van der Waals surface area contributed by atoms with Gasteiger partial charge in [0.25, 0.3) is 5.91 Å². The van der Waals surface area contributed by atoms with Crippen LogP contribution < -0.4 is 15.8 Å². The van der Waals surface area contributed by atoms with Crippen LogP contribution in [0.15, 0.2) is 60.7 Å². The SMILES string of the molecule is CCOc1ccc2ccccc2c1C(=O)Nc1ccc(CC(N)=O)cc1. The van der Waals surface area contributed by atoms with E-state index >= 15 is 0 Å². The van der Waals surface area contributed by atoms with E-state index in [2.05, 4.69) is 5.32 Å². The summed E-state index contributed by atoms with van der Waals surface area (Å²) in [4.78, 5) is 23.9. The monoisotopic (exact) mass is 348 g/mol. The van der Waals surface area contributed by atoms with Crippen molar-refractivity contribution in [1.82, 2.24) is 0 Å². The molecule has 5 nitrogen and oxygen atoms in total. The van der Waals surface area contributed by atoms with Crippen molar-refractivity contribution < 1.29 is 14.3 Å². The Labute approximate surface area is 151 Å². The lowest BCUT2D eigenvalue weighted by Gasteiger charge is -2.14. The number of nitrogens with two attached hydrogens (primary N) is 1. The zero-order valence-electron chi connectivity index (χ0n) is 14.5. The minimum atomic E-state index is -0.390. The molecule has 0 unspecified atom stereocenters. The predicted molar refractivity (Wildman–Crippen MR) is 102 cm³/mol. The van der Waals surface area contributed by atoms with Crippen molar-refractivity contribution in [2.24, 2.45) is 5.73 Å². The fourth-order valence-electron chi connectivity index (χ4n) is 2.86. The number of benzene rings is 3. The summed E-state index contributed by atoms with van der Waals surface area (Å²) in [5.41, 5.74) is 7.14. The first kappa shape index (κ1) is 17.5. The van der Waals surface area contributed by atoms with E-state index in [1.807, 2.05) is 43.3 Å². The Balaban J connectivity index is 1.91. The van der Waals surface area contributed by atoms with Gasteiger partial charge in [0.1, 0.15) is 5.75 Å². The van der Waals surface area contributed by atoms with Gasteiger partial charge in [-0.1, -0.05) is 42.5 Å². The maximum atomic E-state index is 12.9. The normalized spacial score (nSPS) is 10.5. The molecule has 132 valence electrons. The molecule has 2 amide bonds. The minimum Gasteiger partial charge on any atom is -0.493 e. The zero-order chi connectivity index (χ0) is 18.5. The number of ether oxygens (including phenoxy) is 1. The summed E-state index contributed by atoms with van der Waals surface area (Å²) in [6.07, 6.45) is 0.173. The number of anilines is 1. The van der Waals surface area contributed by atoms with E-state index in [-0.39, 0.29) is 18.2 Å². The second kappa shape index (κ2) is 7.70. The highest BCUT2D eigenvalue weighted by atomic mass is 16.5. The smallest absolute Gasteiger partial charge is 0.260 e. The Hall–Kier alpha value is -3.34. The number of fused-ring (bicyclic) bond motifs is 1. The van der Waals surface area contributed by atoms with Crippen LogP contribution in [0.25, 0.3) is 10.8 Å². The fraction of sp³-hybridized carbons (Fsp3) is 0.143. The van der Waals surface area contributed by atoms with E-state index in [1.54, 1.807) is 24.3 Å². The molecule has 0 aliphatic carbocycles. The lowest BCUT2D eigenvalue weighted by Crippen LogP contribution is -2.15. The molecule has 0 heterocycles. The van der Waals surface area contributed by atoms with Crippen LogP contribution in [-0.2, 0) is 11.2 Å². The van der Waals surface area contributed by atoms with Crippen molar-refractivity contribution in [2.75, 3.05) is 11.9 Å². The summed E-state index contributed by atoms with van der Waals surface area (Å²) in [5, 5.41) is 4.70. The third-order valence-electron chi connectivity index (χ3n) is 4.01. The number of amides is 2. The Kier molecular flexibility index (Phi) is 5.17. The largest absolute Gasteiger partial charge is 0.493 e. The van der Waals surface area contributed by atoms with Gasteiger partial charge in [-0.15, -0.1) is 0 Å². The quantitative estimate of drug-likeness (QED) is 0.715. The van der Waals surface area contributed by atoms with Crippen LogP contribution in [-0.4, -0.2) is 18.4 Å². The van der Waals surface area contributed by atoms with Gasteiger partial charge in [0.2, 0.25) is 5.91 Å². The molecule has 5 heteroatoms. The van der Waals surface area contributed by atoms with Crippen LogP contribution >= 0.6 is 0 Å². The average molecular weight is 348 g/mol. The van der Waals surface area contributed by atoms with Crippen molar-refractivity contribution >= 4 is 28.3 Å². The first-order valence-corrected chi connectivity index (χ1v) is 8.41. The van der Waals surface area contributed by atoms with Crippen LogP contribution in [0.2, 0.25) is 0 Å². The van der Waals surface area contributed by atoms with Crippen LogP contribution in [0.3, 0.4) is 0 Å². The van der Waals surface area contributed by atoms with Gasteiger partial charge < -0.3 is 15.8 Å². The summed E-state index contributed by atoms with van der Waals surface area (Å²) in [6, 6.07) is 18.5. The molecule has 0 atom stereocenters. The molecule has 0 bridgehead atoms. The summed E-state index contributed by atoms with van der Waals surface area (Å²) in [5.74, 6) is -0.0825.